The molecule has 1 unspecified atom stereocenters. The monoisotopic (exact) mass is 648 g/mol. The molecule has 1 aliphatic heterocycles. The van der Waals surface area contributed by atoms with E-state index >= 15 is 0 Å². The molecule has 0 N–H and O–H groups in total. The van der Waals surface area contributed by atoms with Crippen LogP contribution in [0.1, 0.15) is 44.7 Å². The Bertz CT molecular complexity index is 1400. The van der Waals surface area contributed by atoms with Crippen LogP contribution in [0, 0.1) is 5.92 Å². The number of hydrogen-bond acceptors (Lipinski definition) is 3. The van der Waals surface area contributed by atoms with Crippen molar-refractivity contribution in [3.8, 4) is 0 Å². The number of hydrogen-bond donors (Lipinski definition) is 0. The van der Waals surface area contributed by atoms with Gasteiger partial charge in [-0.3, -0.25) is 0 Å². The first-order valence-corrected chi connectivity index (χ1v) is 13.2. The normalized spacial score (nSPS) is 15.5. The van der Waals surface area contributed by atoms with E-state index < -0.39 is 15.6 Å². The lowest BCUT2D eigenvalue weighted by atomic mass is 9.74. The van der Waals surface area contributed by atoms with E-state index in [1.807, 2.05) is 0 Å². The van der Waals surface area contributed by atoms with Gasteiger partial charge in [-0.1, -0.05) is 37.6 Å². The molecule has 37 heavy (non-hydrogen) atoms. The largest absolute Gasteiger partial charge is 1.00 e. The zero-order valence-corrected chi connectivity index (χ0v) is 24.5. The molecule has 0 fully saturated rings. The van der Waals surface area contributed by atoms with Gasteiger partial charge in [-0.2, -0.15) is 13.2 Å². The maximum atomic E-state index is 10.7. The first kappa shape index (κ1) is 31.2. The van der Waals surface area contributed by atoms with Gasteiger partial charge in [-0.15, -0.1) is 0 Å². The van der Waals surface area contributed by atoms with Crippen LogP contribution < -0.4 is 28.5 Å². The SMILES string of the molecule is CCCC(Cc1ccc2c(ccc[n+]2C)c1)C1=[N+](C)c2ccccc2C1(C)C.O=S(=O)([O-])C(F)(F)F.[I-]. The molecule has 4 rings (SSSR count). The zero-order valence-electron chi connectivity index (χ0n) is 21.5. The predicted octanol–water partition coefficient (Wildman–Crippen LogP) is 2.38. The summed E-state index contributed by atoms with van der Waals surface area (Å²) in [5, 5.41) is 1.32. The minimum atomic E-state index is -6.09. The third kappa shape index (κ3) is 6.69. The van der Waals surface area contributed by atoms with Gasteiger partial charge in [-0.05, 0) is 44.4 Å². The van der Waals surface area contributed by atoms with E-state index in [4.69, 9.17) is 13.0 Å². The van der Waals surface area contributed by atoms with E-state index in [0.717, 1.165) is 6.42 Å². The van der Waals surface area contributed by atoms with Gasteiger partial charge in [0.1, 0.15) is 14.1 Å². The summed E-state index contributed by atoms with van der Waals surface area (Å²) in [5.74, 6) is 0.548. The Labute approximate surface area is 233 Å². The molecule has 5 nitrogen and oxygen atoms in total. The molecule has 0 aliphatic carbocycles. The van der Waals surface area contributed by atoms with E-state index in [0.29, 0.717) is 5.92 Å². The average Bonchev–Trinajstić information content (AvgIpc) is 2.98. The standard InChI is InChI=1S/C26H32N2.CHF3O3S.HI/c1-6-10-21(18-19-14-15-23-20(17-19)11-9-16-27(23)4)25-26(2,3)22-12-7-8-13-24(22)28(25)5;2-1(3,4)8(5,6)7;/h7-9,11-17,21H,6,10,18H2,1-5H3;(H,5,6,7);1H/q+2;;/p-2. The third-order valence-corrected chi connectivity index (χ3v) is 7.35. The van der Waals surface area contributed by atoms with Crippen molar-refractivity contribution in [2.75, 3.05) is 7.05 Å². The molecule has 0 spiro atoms. The van der Waals surface area contributed by atoms with Gasteiger partial charge < -0.3 is 28.5 Å². The van der Waals surface area contributed by atoms with Crippen LogP contribution in [0.3, 0.4) is 0 Å². The van der Waals surface area contributed by atoms with E-state index in [-0.39, 0.29) is 29.4 Å². The van der Waals surface area contributed by atoms with Gasteiger partial charge in [0.15, 0.2) is 22.0 Å². The molecule has 0 amide bonds. The van der Waals surface area contributed by atoms with Crippen molar-refractivity contribution in [3.63, 3.8) is 0 Å². The molecule has 0 saturated carbocycles. The molecule has 1 aliphatic rings. The Morgan fingerprint density at radius 3 is 2.22 bits per heavy atom. The third-order valence-electron chi connectivity index (χ3n) is 6.79. The van der Waals surface area contributed by atoms with Crippen molar-refractivity contribution in [2.45, 2.75) is 51.0 Å². The minimum Gasteiger partial charge on any atom is -1.00 e. The number of rotatable bonds is 5. The van der Waals surface area contributed by atoms with Crippen LogP contribution in [0.4, 0.5) is 18.9 Å². The summed E-state index contributed by atoms with van der Waals surface area (Å²) < 4.78 is 63.6. The van der Waals surface area contributed by atoms with Gasteiger partial charge in [0, 0.05) is 35.1 Å². The molecule has 1 atom stereocenters. The van der Waals surface area contributed by atoms with E-state index in [1.165, 1.54) is 40.6 Å². The molecule has 1 aromatic heterocycles. The lowest BCUT2D eigenvalue weighted by Crippen LogP contribution is -3.00. The van der Waals surface area contributed by atoms with Crippen molar-refractivity contribution in [2.24, 2.45) is 13.0 Å². The number of fused-ring (bicyclic) bond motifs is 2. The highest BCUT2D eigenvalue weighted by Crippen LogP contribution is 2.42. The van der Waals surface area contributed by atoms with Crippen LogP contribution in [0.2, 0.25) is 0 Å². The predicted molar refractivity (Wildman–Crippen MR) is 133 cm³/mol. The topological polar surface area (TPSA) is 64.1 Å². The number of aryl methyl sites for hydroxylation is 1. The maximum absolute atomic E-state index is 10.7. The van der Waals surface area contributed by atoms with Crippen LogP contribution in [0.5, 0.6) is 0 Å². The second-order valence-corrected chi connectivity index (χ2v) is 11.1. The van der Waals surface area contributed by atoms with Crippen molar-refractivity contribution in [1.82, 2.24) is 0 Å². The highest BCUT2D eigenvalue weighted by Gasteiger charge is 2.47. The van der Waals surface area contributed by atoms with Crippen LogP contribution in [-0.2, 0) is 29.0 Å². The van der Waals surface area contributed by atoms with Gasteiger partial charge in [0.25, 0.3) is 0 Å². The Hall–Kier alpha value is -2.05. The Kier molecular flexibility index (Phi) is 9.92. The first-order chi connectivity index (χ1) is 16.7. The van der Waals surface area contributed by atoms with Gasteiger partial charge >= 0.3 is 5.51 Å². The molecule has 3 aromatic rings. The van der Waals surface area contributed by atoms with Crippen molar-refractivity contribution >= 4 is 32.4 Å². The van der Waals surface area contributed by atoms with Crippen molar-refractivity contribution in [1.29, 1.82) is 0 Å². The van der Waals surface area contributed by atoms with E-state index in [9.17, 15) is 13.2 Å². The van der Waals surface area contributed by atoms with Crippen LogP contribution >= 0.6 is 0 Å². The lowest BCUT2D eigenvalue weighted by molar-refractivity contribution is -0.644. The van der Waals surface area contributed by atoms with E-state index in [1.54, 1.807) is 5.71 Å². The summed E-state index contributed by atoms with van der Waals surface area (Å²) in [4.78, 5) is 0. The lowest BCUT2D eigenvalue weighted by Gasteiger charge is -2.24. The number of alkyl halides is 3. The Balaban J connectivity index is 0.000000467. The molecule has 202 valence electrons. The second kappa shape index (κ2) is 11.8. The van der Waals surface area contributed by atoms with Gasteiger partial charge in [0.05, 0.1) is 5.41 Å². The molecule has 10 heteroatoms. The number of para-hydroxylation sites is 1. The molecule has 0 bridgehead atoms. The number of pyridine rings is 1. The Morgan fingerprint density at radius 1 is 1.03 bits per heavy atom. The van der Waals surface area contributed by atoms with E-state index in [2.05, 4.69) is 105 Å². The first-order valence-electron chi connectivity index (χ1n) is 11.8. The molecule has 0 saturated heterocycles. The van der Waals surface area contributed by atoms with Crippen molar-refractivity contribution in [3.05, 3.63) is 71.9 Å². The number of nitrogens with zero attached hydrogens (tertiary/aromatic N) is 2. The Morgan fingerprint density at radius 2 is 1.65 bits per heavy atom. The zero-order chi connectivity index (χ0) is 26.9. The number of halogens is 4. The molecule has 2 aromatic carbocycles. The summed E-state index contributed by atoms with van der Waals surface area (Å²) in [6.07, 6.45) is 5.64. The van der Waals surface area contributed by atoms with Crippen molar-refractivity contribution < 1.29 is 59.3 Å². The smallest absolute Gasteiger partial charge is 0.485 e. The molecular formula is C27H32F3IN2O3S. The van der Waals surface area contributed by atoms with Crippen LogP contribution in [-0.4, -0.2) is 35.8 Å². The quantitative estimate of drug-likeness (QED) is 0.185. The highest BCUT2D eigenvalue weighted by molar-refractivity contribution is 7.86. The number of benzene rings is 2. The molecule has 0 radical (unpaired) electrons. The summed E-state index contributed by atoms with van der Waals surface area (Å²) >= 11 is 0. The van der Waals surface area contributed by atoms with Gasteiger partial charge in [-0.25, -0.2) is 17.6 Å². The number of aromatic nitrogens is 1. The molecular weight excluding hydrogens is 616 g/mol. The summed E-state index contributed by atoms with van der Waals surface area (Å²) in [7, 11) is -1.72. The van der Waals surface area contributed by atoms with Gasteiger partial charge in [0.2, 0.25) is 11.2 Å². The summed E-state index contributed by atoms with van der Waals surface area (Å²) in [6, 6.07) is 20.2. The average molecular weight is 649 g/mol. The fraction of sp³-hybridized carbons (Fsp3) is 0.407. The fourth-order valence-electron chi connectivity index (χ4n) is 5.28. The summed E-state index contributed by atoms with van der Waals surface area (Å²) in [5.41, 5.74) is 1.55. The van der Waals surface area contributed by atoms with Crippen LogP contribution in [0.25, 0.3) is 10.9 Å². The minimum absolute atomic E-state index is 0. The van der Waals surface area contributed by atoms with Crippen LogP contribution in [0.15, 0.2) is 60.8 Å². The summed E-state index contributed by atoms with van der Waals surface area (Å²) in [6.45, 7) is 7.10. The maximum Gasteiger partial charge on any atom is 0.485 e. The fourth-order valence-corrected chi connectivity index (χ4v) is 5.28. The molecule has 2 heterocycles. The highest BCUT2D eigenvalue weighted by atomic mass is 127. The second-order valence-electron chi connectivity index (χ2n) is 9.69.